The molecule has 0 aromatic carbocycles. The summed E-state index contributed by atoms with van der Waals surface area (Å²) >= 11 is 3.94. The van der Waals surface area contributed by atoms with Gasteiger partial charge in [0.25, 0.3) is 0 Å². The van der Waals surface area contributed by atoms with Crippen LogP contribution in [0.25, 0.3) is 11.4 Å². The van der Waals surface area contributed by atoms with Crippen LogP contribution in [0.4, 0.5) is 0 Å². The quantitative estimate of drug-likeness (QED) is 0.759. The molecule has 0 aliphatic rings. The van der Waals surface area contributed by atoms with Crippen molar-refractivity contribution in [2.75, 3.05) is 0 Å². The lowest BCUT2D eigenvalue weighted by Gasteiger charge is -1.81. The largest absolute Gasteiger partial charge is 0.339 e. The van der Waals surface area contributed by atoms with Gasteiger partial charge in [-0.3, -0.25) is 0 Å². The normalized spacial score (nSPS) is 10.5. The lowest BCUT2D eigenvalue weighted by atomic mass is 10.3. The molecule has 2 aromatic heterocycles. The molecule has 0 fully saturated rings. The van der Waals surface area contributed by atoms with Gasteiger partial charge in [0.15, 0.2) is 0 Å². The molecular formula is C7H5IN2OS. The van der Waals surface area contributed by atoms with Crippen LogP contribution in [-0.2, 0) is 0 Å². The van der Waals surface area contributed by atoms with Gasteiger partial charge in [0.1, 0.15) is 0 Å². The molecule has 0 bridgehead atoms. The van der Waals surface area contributed by atoms with Gasteiger partial charge in [-0.1, -0.05) is 5.16 Å². The number of aryl methyl sites for hydroxylation is 1. The Kier molecular flexibility index (Phi) is 2.14. The molecule has 12 heavy (non-hydrogen) atoms. The van der Waals surface area contributed by atoms with Crippen LogP contribution in [0, 0.1) is 9.81 Å². The number of aromatic nitrogens is 2. The summed E-state index contributed by atoms with van der Waals surface area (Å²) in [6.45, 7) is 1.79. The van der Waals surface area contributed by atoms with Gasteiger partial charge in [-0.25, -0.2) is 0 Å². The first kappa shape index (κ1) is 8.18. The van der Waals surface area contributed by atoms with Crippen molar-refractivity contribution < 1.29 is 4.52 Å². The fourth-order valence-corrected chi connectivity index (χ4v) is 2.17. The number of halogens is 1. The molecule has 2 heterocycles. The Morgan fingerprint density at radius 3 is 2.92 bits per heavy atom. The van der Waals surface area contributed by atoms with Crippen LogP contribution in [0.3, 0.4) is 0 Å². The predicted molar refractivity (Wildman–Crippen MR) is 55.1 cm³/mol. The molecule has 2 aromatic rings. The van der Waals surface area contributed by atoms with Gasteiger partial charge in [-0.05, 0) is 28.7 Å². The molecule has 0 aliphatic carbocycles. The van der Waals surface area contributed by atoms with Crippen molar-refractivity contribution in [1.82, 2.24) is 10.1 Å². The number of hydrogen-bond donors (Lipinski definition) is 0. The number of nitrogens with zero attached hydrogens (tertiary/aromatic N) is 2. The van der Waals surface area contributed by atoms with Crippen LogP contribution < -0.4 is 0 Å². The summed E-state index contributed by atoms with van der Waals surface area (Å²) in [4.78, 5) is 4.12. The van der Waals surface area contributed by atoms with Crippen molar-refractivity contribution in [3.63, 3.8) is 0 Å². The smallest absolute Gasteiger partial charge is 0.223 e. The molecule has 0 atom stereocenters. The maximum absolute atomic E-state index is 4.87. The first-order valence-electron chi connectivity index (χ1n) is 3.30. The minimum atomic E-state index is 0.603. The van der Waals surface area contributed by atoms with E-state index in [9.17, 15) is 0 Å². The molecule has 0 saturated carbocycles. The molecule has 62 valence electrons. The van der Waals surface area contributed by atoms with E-state index in [1.807, 2.05) is 11.4 Å². The highest BCUT2D eigenvalue weighted by molar-refractivity contribution is 14.1. The molecule has 0 N–H and O–H groups in total. The molecule has 0 aliphatic heterocycles. The lowest BCUT2D eigenvalue weighted by molar-refractivity contribution is 0.394. The van der Waals surface area contributed by atoms with E-state index in [1.165, 1.54) is 2.88 Å². The van der Waals surface area contributed by atoms with Crippen LogP contribution in [0.1, 0.15) is 5.89 Å². The zero-order valence-electron chi connectivity index (χ0n) is 6.24. The molecule has 0 spiro atoms. The Bertz CT molecular complexity index is 357. The van der Waals surface area contributed by atoms with E-state index >= 15 is 0 Å². The van der Waals surface area contributed by atoms with E-state index in [-0.39, 0.29) is 0 Å². The SMILES string of the molecule is Cc1nc(-c2csc(I)c2)no1. The van der Waals surface area contributed by atoms with Crippen LogP contribution in [-0.4, -0.2) is 10.1 Å². The van der Waals surface area contributed by atoms with Crippen LogP contribution in [0.15, 0.2) is 16.0 Å². The van der Waals surface area contributed by atoms with Gasteiger partial charge in [0.05, 0.1) is 2.88 Å². The fourth-order valence-electron chi connectivity index (χ4n) is 0.844. The second kappa shape index (κ2) is 3.14. The van der Waals surface area contributed by atoms with Gasteiger partial charge in [-0.2, -0.15) is 4.98 Å². The highest BCUT2D eigenvalue weighted by Gasteiger charge is 2.06. The van der Waals surface area contributed by atoms with E-state index in [0.717, 1.165) is 5.56 Å². The van der Waals surface area contributed by atoms with Gasteiger partial charge >= 0.3 is 0 Å². The Labute approximate surface area is 86.9 Å². The first-order chi connectivity index (χ1) is 5.75. The zero-order valence-corrected chi connectivity index (χ0v) is 9.22. The van der Waals surface area contributed by atoms with Crippen molar-refractivity contribution in [3.8, 4) is 11.4 Å². The van der Waals surface area contributed by atoms with E-state index in [0.29, 0.717) is 11.7 Å². The summed E-state index contributed by atoms with van der Waals surface area (Å²) in [5.41, 5.74) is 1.03. The number of hydrogen-bond acceptors (Lipinski definition) is 4. The summed E-state index contributed by atoms with van der Waals surface area (Å²) in [6.07, 6.45) is 0. The molecule has 2 rings (SSSR count). The third kappa shape index (κ3) is 1.51. The van der Waals surface area contributed by atoms with Gasteiger partial charge in [0.2, 0.25) is 11.7 Å². The van der Waals surface area contributed by atoms with Crippen molar-refractivity contribution in [2.45, 2.75) is 6.92 Å². The average molecular weight is 292 g/mol. The van der Waals surface area contributed by atoms with E-state index in [1.54, 1.807) is 18.3 Å². The first-order valence-corrected chi connectivity index (χ1v) is 5.26. The maximum Gasteiger partial charge on any atom is 0.223 e. The van der Waals surface area contributed by atoms with Crippen molar-refractivity contribution in [3.05, 3.63) is 20.2 Å². The Hall–Kier alpha value is -0.430. The van der Waals surface area contributed by atoms with Crippen molar-refractivity contribution >= 4 is 33.9 Å². The van der Waals surface area contributed by atoms with Gasteiger partial charge < -0.3 is 4.52 Å². The summed E-state index contributed by atoms with van der Waals surface area (Å²) in [5.74, 6) is 1.28. The minimum Gasteiger partial charge on any atom is -0.339 e. The van der Waals surface area contributed by atoms with Crippen LogP contribution in [0.5, 0.6) is 0 Å². The Morgan fingerprint density at radius 2 is 2.42 bits per heavy atom. The molecule has 0 amide bonds. The van der Waals surface area contributed by atoms with Gasteiger partial charge in [-0.15, -0.1) is 11.3 Å². The highest BCUT2D eigenvalue weighted by Crippen LogP contribution is 2.23. The number of rotatable bonds is 1. The topological polar surface area (TPSA) is 38.9 Å². The third-order valence-electron chi connectivity index (χ3n) is 1.35. The minimum absolute atomic E-state index is 0.603. The fraction of sp³-hybridized carbons (Fsp3) is 0.143. The summed E-state index contributed by atoms with van der Waals surface area (Å²) < 4.78 is 6.10. The highest BCUT2D eigenvalue weighted by atomic mass is 127. The molecule has 0 saturated heterocycles. The zero-order chi connectivity index (χ0) is 8.55. The van der Waals surface area contributed by atoms with Crippen molar-refractivity contribution in [1.29, 1.82) is 0 Å². The molecule has 3 nitrogen and oxygen atoms in total. The van der Waals surface area contributed by atoms with E-state index in [2.05, 4.69) is 32.7 Å². The monoisotopic (exact) mass is 292 g/mol. The average Bonchev–Trinajstić information content (AvgIpc) is 2.58. The Morgan fingerprint density at radius 1 is 1.58 bits per heavy atom. The summed E-state index contributed by atoms with van der Waals surface area (Å²) in [7, 11) is 0. The van der Waals surface area contributed by atoms with E-state index < -0.39 is 0 Å². The lowest BCUT2D eigenvalue weighted by Crippen LogP contribution is -1.75. The second-order valence-electron chi connectivity index (χ2n) is 2.28. The maximum atomic E-state index is 4.87. The molecular weight excluding hydrogens is 287 g/mol. The molecule has 0 radical (unpaired) electrons. The summed E-state index contributed by atoms with van der Waals surface area (Å²) in [6, 6.07) is 2.04. The van der Waals surface area contributed by atoms with E-state index in [4.69, 9.17) is 4.52 Å². The predicted octanol–water partition coefficient (Wildman–Crippen LogP) is 2.71. The Balaban J connectivity index is 2.43. The van der Waals surface area contributed by atoms with Crippen molar-refractivity contribution in [2.24, 2.45) is 0 Å². The third-order valence-corrected chi connectivity index (χ3v) is 3.14. The van der Waals surface area contributed by atoms with Crippen LogP contribution in [0.2, 0.25) is 0 Å². The van der Waals surface area contributed by atoms with Gasteiger partial charge in [0, 0.05) is 17.9 Å². The molecule has 5 heteroatoms. The standard InChI is InChI=1S/C7H5IN2OS/c1-4-9-7(10-11-4)5-2-6(8)12-3-5/h2-3H,1H3. The molecule has 0 unspecified atom stereocenters. The summed E-state index contributed by atoms with van der Waals surface area (Å²) in [5, 5.41) is 5.84. The second-order valence-corrected chi connectivity index (χ2v) is 5.08. The van der Waals surface area contributed by atoms with Crippen LogP contribution >= 0.6 is 33.9 Å². The number of thiophene rings is 1.